The molecule has 0 N–H and O–H groups in total. The lowest BCUT2D eigenvalue weighted by atomic mass is 9.96. The highest BCUT2D eigenvalue weighted by Gasteiger charge is 2.26. The van der Waals surface area contributed by atoms with Gasteiger partial charge in [0.1, 0.15) is 0 Å². The Labute approximate surface area is 183 Å². The standard InChI is InChI=1S/C22H31N3O3S2/c1-18-17-29-22(25(18)20-7-5-3-2-4-6-8-20)23-19-9-11-21(12-10-19)30(26,27)24-13-15-28-16-14-24/h9-12,17,20H,2-8,13-16H2,1H3. The van der Waals surface area contributed by atoms with E-state index in [1.807, 2.05) is 12.1 Å². The summed E-state index contributed by atoms with van der Waals surface area (Å²) >= 11 is 1.67. The van der Waals surface area contributed by atoms with Crippen LogP contribution in [0.3, 0.4) is 0 Å². The van der Waals surface area contributed by atoms with Crippen LogP contribution in [-0.4, -0.2) is 43.6 Å². The number of aromatic nitrogens is 1. The summed E-state index contributed by atoms with van der Waals surface area (Å²) in [6, 6.07) is 7.47. The van der Waals surface area contributed by atoms with Gasteiger partial charge in [0.25, 0.3) is 0 Å². The summed E-state index contributed by atoms with van der Waals surface area (Å²) in [4.78, 5) is 6.20. The fraction of sp³-hybridized carbons (Fsp3) is 0.591. The number of thiazole rings is 1. The van der Waals surface area contributed by atoms with Gasteiger partial charge in [0, 0.05) is 30.2 Å². The first-order valence-electron chi connectivity index (χ1n) is 10.9. The summed E-state index contributed by atoms with van der Waals surface area (Å²) in [6.45, 7) is 3.87. The van der Waals surface area contributed by atoms with E-state index in [-0.39, 0.29) is 0 Å². The smallest absolute Gasteiger partial charge is 0.243 e. The number of hydrogen-bond acceptors (Lipinski definition) is 5. The predicted molar refractivity (Wildman–Crippen MR) is 120 cm³/mol. The van der Waals surface area contributed by atoms with Gasteiger partial charge in [-0.25, -0.2) is 13.4 Å². The van der Waals surface area contributed by atoms with Crippen molar-refractivity contribution in [3.63, 3.8) is 0 Å². The molecule has 6 nitrogen and oxygen atoms in total. The molecule has 1 aromatic heterocycles. The summed E-state index contributed by atoms with van der Waals surface area (Å²) in [5, 5.41) is 2.18. The Morgan fingerprint density at radius 1 is 1.00 bits per heavy atom. The molecule has 0 unspecified atom stereocenters. The quantitative estimate of drug-likeness (QED) is 0.695. The van der Waals surface area contributed by atoms with Crippen LogP contribution < -0.4 is 4.80 Å². The third kappa shape index (κ3) is 4.88. The molecule has 0 amide bonds. The van der Waals surface area contributed by atoms with Gasteiger partial charge in [-0.2, -0.15) is 4.31 Å². The van der Waals surface area contributed by atoms with E-state index in [1.165, 1.54) is 54.9 Å². The highest BCUT2D eigenvalue weighted by Crippen LogP contribution is 2.27. The van der Waals surface area contributed by atoms with Crippen LogP contribution in [-0.2, 0) is 14.8 Å². The van der Waals surface area contributed by atoms with Crippen molar-refractivity contribution in [3.8, 4) is 0 Å². The van der Waals surface area contributed by atoms with Gasteiger partial charge in [-0.3, -0.25) is 0 Å². The SMILES string of the molecule is Cc1csc(=Nc2ccc(S(=O)(=O)N3CCOCC3)cc2)n1C1CCCCCCC1. The van der Waals surface area contributed by atoms with Crippen molar-refractivity contribution in [3.05, 3.63) is 40.1 Å². The van der Waals surface area contributed by atoms with Gasteiger partial charge in [-0.1, -0.05) is 32.1 Å². The Kier molecular flexibility index (Phi) is 7.08. The maximum Gasteiger partial charge on any atom is 0.243 e. The van der Waals surface area contributed by atoms with Crippen LogP contribution in [0.5, 0.6) is 0 Å². The number of benzene rings is 1. The van der Waals surface area contributed by atoms with E-state index in [0.29, 0.717) is 37.2 Å². The molecule has 0 atom stereocenters. The zero-order valence-corrected chi connectivity index (χ0v) is 19.3. The molecule has 1 saturated heterocycles. The summed E-state index contributed by atoms with van der Waals surface area (Å²) < 4.78 is 34.8. The van der Waals surface area contributed by atoms with Crippen LogP contribution >= 0.6 is 11.3 Å². The molecule has 164 valence electrons. The topological polar surface area (TPSA) is 63.9 Å². The maximum absolute atomic E-state index is 12.8. The van der Waals surface area contributed by atoms with E-state index in [1.54, 1.807) is 23.5 Å². The predicted octanol–water partition coefficient (Wildman–Crippen LogP) is 4.40. The van der Waals surface area contributed by atoms with E-state index >= 15 is 0 Å². The molecule has 1 aromatic carbocycles. The molecular weight excluding hydrogens is 418 g/mol. The number of nitrogens with zero attached hydrogens (tertiary/aromatic N) is 3. The zero-order chi connectivity index (χ0) is 21.0. The van der Waals surface area contributed by atoms with Gasteiger partial charge >= 0.3 is 0 Å². The second kappa shape index (κ2) is 9.77. The highest BCUT2D eigenvalue weighted by molar-refractivity contribution is 7.89. The molecule has 30 heavy (non-hydrogen) atoms. The van der Waals surface area contributed by atoms with E-state index in [4.69, 9.17) is 9.73 Å². The molecule has 2 aliphatic rings. The van der Waals surface area contributed by atoms with E-state index in [0.717, 1.165) is 10.5 Å². The molecule has 8 heteroatoms. The summed E-state index contributed by atoms with van der Waals surface area (Å²) in [5.41, 5.74) is 2.05. The summed E-state index contributed by atoms with van der Waals surface area (Å²) in [7, 11) is -3.47. The van der Waals surface area contributed by atoms with Gasteiger partial charge in [-0.15, -0.1) is 11.3 Å². The third-order valence-electron chi connectivity index (χ3n) is 6.03. The van der Waals surface area contributed by atoms with Crippen LogP contribution in [0.2, 0.25) is 0 Å². The van der Waals surface area contributed by atoms with Gasteiger partial charge < -0.3 is 9.30 Å². The maximum atomic E-state index is 12.8. The first-order valence-corrected chi connectivity index (χ1v) is 13.3. The summed E-state index contributed by atoms with van der Waals surface area (Å²) in [6.07, 6.45) is 8.98. The number of ether oxygens (including phenoxy) is 1. The molecule has 2 aromatic rings. The first-order chi connectivity index (χ1) is 14.6. The lowest BCUT2D eigenvalue weighted by Gasteiger charge is -2.26. The van der Waals surface area contributed by atoms with Crippen LogP contribution in [0.25, 0.3) is 0 Å². The minimum Gasteiger partial charge on any atom is -0.379 e. The Hall–Kier alpha value is -1.48. The normalized spacial score (nSPS) is 20.8. The number of sulfonamides is 1. The highest BCUT2D eigenvalue weighted by atomic mass is 32.2. The molecule has 1 aliphatic heterocycles. The average molecular weight is 450 g/mol. The van der Waals surface area contributed by atoms with Gasteiger partial charge in [-0.05, 0) is 44.0 Å². The van der Waals surface area contributed by atoms with Crippen LogP contribution in [0, 0.1) is 6.92 Å². The first kappa shape index (κ1) is 21.7. The molecule has 1 aliphatic carbocycles. The fourth-order valence-corrected chi connectivity index (χ4v) is 6.72. The molecule has 2 fully saturated rings. The molecule has 1 saturated carbocycles. The average Bonchev–Trinajstić information content (AvgIpc) is 3.09. The largest absolute Gasteiger partial charge is 0.379 e. The Balaban J connectivity index is 1.58. The van der Waals surface area contributed by atoms with Gasteiger partial charge in [0.2, 0.25) is 10.0 Å². The molecule has 2 heterocycles. The Morgan fingerprint density at radius 2 is 1.63 bits per heavy atom. The zero-order valence-electron chi connectivity index (χ0n) is 17.6. The molecule has 0 bridgehead atoms. The third-order valence-corrected chi connectivity index (χ3v) is 8.90. The number of hydrogen-bond donors (Lipinski definition) is 0. The number of morpholine rings is 1. The minimum atomic E-state index is -3.47. The van der Waals surface area contributed by atoms with Crippen molar-refractivity contribution in [2.45, 2.75) is 62.8 Å². The minimum absolute atomic E-state index is 0.318. The van der Waals surface area contributed by atoms with Crippen molar-refractivity contribution in [2.75, 3.05) is 26.3 Å². The monoisotopic (exact) mass is 449 g/mol. The Bertz CT molecular complexity index is 995. The summed E-state index contributed by atoms with van der Waals surface area (Å²) in [5.74, 6) is 0. The van der Waals surface area contributed by atoms with E-state index < -0.39 is 10.0 Å². The second-order valence-electron chi connectivity index (χ2n) is 8.15. The van der Waals surface area contributed by atoms with Gasteiger partial charge in [0.05, 0.1) is 23.8 Å². The van der Waals surface area contributed by atoms with Crippen molar-refractivity contribution in [2.24, 2.45) is 4.99 Å². The van der Waals surface area contributed by atoms with Crippen LogP contribution in [0.15, 0.2) is 39.5 Å². The van der Waals surface area contributed by atoms with E-state index in [9.17, 15) is 8.42 Å². The molecular formula is C22H31N3O3S2. The van der Waals surface area contributed by atoms with E-state index in [2.05, 4.69) is 16.9 Å². The van der Waals surface area contributed by atoms with Crippen molar-refractivity contribution < 1.29 is 13.2 Å². The van der Waals surface area contributed by atoms with Crippen LogP contribution in [0.1, 0.15) is 56.7 Å². The van der Waals surface area contributed by atoms with Crippen LogP contribution in [0.4, 0.5) is 5.69 Å². The second-order valence-corrected chi connectivity index (χ2v) is 10.9. The number of rotatable bonds is 4. The lowest BCUT2D eigenvalue weighted by Crippen LogP contribution is -2.40. The molecule has 4 rings (SSSR count). The Morgan fingerprint density at radius 3 is 2.30 bits per heavy atom. The molecule has 0 radical (unpaired) electrons. The van der Waals surface area contributed by atoms with Crippen molar-refractivity contribution in [1.82, 2.24) is 8.87 Å². The van der Waals surface area contributed by atoms with Gasteiger partial charge in [0.15, 0.2) is 4.80 Å². The lowest BCUT2D eigenvalue weighted by molar-refractivity contribution is 0.0730. The molecule has 0 spiro atoms. The van der Waals surface area contributed by atoms with Crippen molar-refractivity contribution in [1.29, 1.82) is 0 Å². The fourth-order valence-electron chi connectivity index (χ4n) is 4.36. The number of aryl methyl sites for hydroxylation is 1. The van der Waals surface area contributed by atoms with Crippen molar-refractivity contribution >= 4 is 27.0 Å².